The number of fused-ring (bicyclic) bond motifs is 1. The van der Waals surface area contributed by atoms with Gasteiger partial charge in [-0.05, 0) is 35.4 Å². The van der Waals surface area contributed by atoms with Crippen molar-refractivity contribution < 1.29 is 9.18 Å². The highest BCUT2D eigenvalue weighted by atomic mass is 19.1. The fourth-order valence-electron chi connectivity index (χ4n) is 3.24. The molecule has 2 aromatic carbocycles. The second-order valence-corrected chi connectivity index (χ2v) is 6.90. The minimum atomic E-state index is -0.342. The fraction of sp³-hybridized carbons (Fsp3) is 0.130. The van der Waals surface area contributed by atoms with E-state index in [0.717, 1.165) is 5.56 Å². The second kappa shape index (κ2) is 8.65. The van der Waals surface area contributed by atoms with Gasteiger partial charge in [-0.25, -0.2) is 9.07 Å². The fourth-order valence-corrected chi connectivity index (χ4v) is 3.24. The Balaban J connectivity index is 1.58. The van der Waals surface area contributed by atoms with Crippen LogP contribution in [0, 0.1) is 5.82 Å². The van der Waals surface area contributed by atoms with Gasteiger partial charge < -0.3 is 5.32 Å². The third-order valence-corrected chi connectivity index (χ3v) is 4.73. The van der Waals surface area contributed by atoms with E-state index < -0.39 is 0 Å². The summed E-state index contributed by atoms with van der Waals surface area (Å²) in [4.78, 5) is 29.3. The molecule has 0 saturated heterocycles. The SMILES string of the molecule is O=C(Cc1ccc(F)cc1)NCc1nn(Cc2cccnc2)c(=O)c2ccccc12. The number of hydrogen-bond donors (Lipinski definition) is 1. The van der Waals surface area contributed by atoms with Crippen molar-refractivity contribution >= 4 is 16.7 Å². The predicted octanol–water partition coefficient (Wildman–Crippen LogP) is 2.84. The smallest absolute Gasteiger partial charge is 0.274 e. The minimum Gasteiger partial charge on any atom is -0.350 e. The lowest BCUT2D eigenvalue weighted by Crippen LogP contribution is -2.29. The molecule has 1 amide bonds. The molecule has 0 unspecified atom stereocenters. The van der Waals surface area contributed by atoms with Crippen LogP contribution >= 0.6 is 0 Å². The van der Waals surface area contributed by atoms with E-state index in [-0.39, 0.29) is 36.8 Å². The summed E-state index contributed by atoms with van der Waals surface area (Å²) >= 11 is 0. The Morgan fingerprint density at radius 1 is 0.967 bits per heavy atom. The summed E-state index contributed by atoms with van der Waals surface area (Å²) in [5, 5.41) is 8.58. The molecule has 0 atom stereocenters. The van der Waals surface area contributed by atoms with Crippen LogP contribution in [-0.4, -0.2) is 20.7 Å². The van der Waals surface area contributed by atoms with Gasteiger partial charge >= 0.3 is 0 Å². The number of rotatable bonds is 6. The van der Waals surface area contributed by atoms with Gasteiger partial charge in [0.2, 0.25) is 5.91 Å². The molecule has 4 aromatic rings. The summed E-state index contributed by atoms with van der Waals surface area (Å²) in [6, 6.07) is 16.7. The molecule has 0 fully saturated rings. The van der Waals surface area contributed by atoms with Crippen LogP contribution in [0.25, 0.3) is 10.8 Å². The van der Waals surface area contributed by atoms with Crippen LogP contribution < -0.4 is 10.9 Å². The lowest BCUT2D eigenvalue weighted by Gasteiger charge is -2.12. The largest absolute Gasteiger partial charge is 0.350 e. The van der Waals surface area contributed by atoms with Gasteiger partial charge in [-0.3, -0.25) is 14.6 Å². The molecule has 0 aliphatic carbocycles. The van der Waals surface area contributed by atoms with Crippen molar-refractivity contribution in [2.24, 2.45) is 0 Å². The van der Waals surface area contributed by atoms with Gasteiger partial charge in [0.05, 0.1) is 30.6 Å². The Morgan fingerprint density at radius 2 is 1.73 bits per heavy atom. The van der Waals surface area contributed by atoms with E-state index >= 15 is 0 Å². The van der Waals surface area contributed by atoms with E-state index in [1.807, 2.05) is 18.2 Å². The zero-order valence-electron chi connectivity index (χ0n) is 16.1. The average Bonchev–Trinajstić information content (AvgIpc) is 2.77. The van der Waals surface area contributed by atoms with Crippen molar-refractivity contribution in [3.63, 3.8) is 0 Å². The predicted molar refractivity (Wildman–Crippen MR) is 111 cm³/mol. The first-order valence-corrected chi connectivity index (χ1v) is 9.49. The van der Waals surface area contributed by atoms with Crippen LogP contribution in [0.3, 0.4) is 0 Å². The molecule has 1 N–H and O–H groups in total. The maximum absolute atomic E-state index is 13.0. The zero-order chi connectivity index (χ0) is 20.9. The number of nitrogens with zero attached hydrogens (tertiary/aromatic N) is 3. The Hall–Kier alpha value is -3.87. The van der Waals surface area contributed by atoms with E-state index in [1.165, 1.54) is 16.8 Å². The number of halogens is 1. The Kier molecular flexibility index (Phi) is 5.61. The first-order chi connectivity index (χ1) is 14.6. The summed E-state index contributed by atoms with van der Waals surface area (Å²) < 4.78 is 14.4. The molecule has 0 saturated carbocycles. The number of pyridine rings is 1. The molecule has 4 rings (SSSR count). The van der Waals surface area contributed by atoms with Crippen molar-refractivity contribution in [2.45, 2.75) is 19.5 Å². The van der Waals surface area contributed by atoms with Gasteiger partial charge in [0, 0.05) is 17.8 Å². The zero-order valence-corrected chi connectivity index (χ0v) is 16.1. The highest BCUT2D eigenvalue weighted by Gasteiger charge is 2.12. The summed E-state index contributed by atoms with van der Waals surface area (Å²) in [5.74, 6) is -0.553. The van der Waals surface area contributed by atoms with Gasteiger partial charge in [0.1, 0.15) is 5.82 Å². The highest BCUT2D eigenvalue weighted by molar-refractivity contribution is 5.84. The second-order valence-electron chi connectivity index (χ2n) is 6.90. The first-order valence-electron chi connectivity index (χ1n) is 9.49. The molecule has 0 aliphatic rings. The summed E-state index contributed by atoms with van der Waals surface area (Å²) in [5.41, 5.74) is 1.97. The molecule has 150 valence electrons. The number of amides is 1. The molecule has 0 bridgehead atoms. The normalized spacial score (nSPS) is 10.8. The van der Waals surface area contributed by atoms with Crippen molar-refractivity contribution in [1.82, 2.24) is 20.1 Å². The lowest BCUT2D eigenvalue weighted by molar-refractivity contribution is -0.120. The molecule has 0 aliphatic heterocycles. The number of hydrogen-bond acceptors (Lipinski definition) is 4. The summed E-state index contributed by atoms with van der Waals surface area (Å²) in [6.45, 7) is 0.460. The monoisotopic (exact) mass is 402 g/mol. The van der Waals surface area contributed by atoms with Gasteiger partial charge in [0.25, 0.3) is 5.56 Å². The third-order valence-electron chi connectivity index (χ3n) is 4.73. The van der Waals surface area contributed by atoms with Crippen LogP contribution in [0.2, 0.25) is 0 Å². The van der Waals surface area contributed by atoms with Crippen LogP contribution in [0.1, 0.15) is 16.8 Å². The minimum absolute atomic E-state index is 0.132. The van der Waals surface area contributed by atoms with Crippen molar-refractivity contribution in [2.75, 3.05) is 0 Å². The lowest BCUT2D eigenvalue weighted by atomic mass is 10.1. The van der Waals surface area contributed by atoms with Gasteiger partial charge in [-0.15, -0.1) is 0 Å². The molecule has 0 spiro atoms. The van der Waals surface area contributed by atoms with Crippen LogP contribution in [0.5, 0.6) is 0 Å². The molecule has 30 heavy (non-hydrogen) atoms. The Morgan fingerprint density at radius 3 is 2.47 bits per heavy atom. The van der Waals surface area contributed by atoms with Crippen LogP contribution in [0.4, 0.5) is 4.39 Å². The number of nitrogens with one attached hydrogen (secondary N) is 1. The standard InChI is InChI=1S/C23H19FN4O2/c24-18-9-7-16(8-10-18)12-22(29)26-14-21-19-5-1-2-6-20(19)23(30)28(27-21)15-17-4-3-11-25-13-17/h1-11,13H,12,14-15H2,(H,26,29). The number of carbonyl (C=O) groups is 1. The van der Waals surface area contributed by atoms with Gasteiger partial charge in [-0.1, -0.05) is 36.4 Å². The summed E-state index contributed by atoms with van der Waals surface area (Å²) in [6.07, 6.45) is 3.49. The van der Waals surface area contributed by atoms with Crippen LogP contribution in [-0.2, 0) is 24.3 Å². The quantitative estimate of drug-likeness (QED) is 0.538. The van der Waals surface area contributed by atoms with E-state index in [2.05, 4.69) is 15.4 Å². The van der Waals surface area contributed by atoms with E-state index in [1.54, 1.807) is 42.7 Å². The van der Waals surface area contributed by atoms with Gasteiger partial charge in [-0.2, -0.15) is 5.10 Å². The maximum Gasteiger partial charge on any atom is 0.274 e. The highest BCUT2D eigenvalue weighted by Crippen LogP contribution is 2.14. The molecule has 7 heteroatoms. The molecular formula is C23H19FN4O2. The molecule has 2 heterocycles. The number of aromatic nitrogens is 3. The van der Waals surface area contributed by atoms with Crippen molar-refractivity contribution in [3.05, 3.63) is 106 Å². The van der Waals surface area contributed by atoms with E-state index in [0.29, 0.717) is 22.0 Å². The Bertz CT molecular complexity index is 1240. The first kappa shape index (κ1) is 19.4. The van der Waals surface area contributed by atoms with Crippen molar-refractivity contribution in [1.29, 1.82) is 0 Å². The Labute approximate surface area is 172 Å². The van der Waals surface area contributed by atoms with E-state index in [9.17, 15) is 14.0 Å². The van der Waals surface area contributed by atoms with Gasteiger partial charge in [0.15, 0.2) is 0 Å². The molecule has 6 nitrogen and oxygen atoms in total. The van der Waals surface area contributed by atoms with E-state index in [4.69, 9.17) is 0 Å². The molecular weight excluding hydrogens is 383 g/mol. The van der Waals surface area contributed by atoms with Crippen LogP contribution in [0.15, 0.2) is 77.9 Å². The maximum atomic E-state index is 13.0. The third kappa shape index (κ3) is 4.41. The van der Waals surface area contributed by atoms with Crippen molar-refractivity contribution in [3.8, 4) is 0 Å². The topological polar surface area (TPSA) is 76.9 Å². The summed E-state index contributed by atoms with van der Waals surface area (Å²) in [7, 11) is 0. The number of benzene rings is 2. The molecule has 2 aromatic heterocycles. The average molecular weight is 402 g/mol. The molecule has 0 radical (unpaired) electrons. The number of carbonyl (C=O) groups excluding carboxylic acids is 1.